The first kappa shape index (κ1) is 16.5. The second kappa shape index (κ2) is 7.92. The molecular formula is C22H27NO2. The molecule has 0 saturated carbocycles. The average molecular weight is 337 g/mol. The number of rotatable bonds is 5. The molecule has 2 aliphatic heterocycles. The fourth-order valence-corrected chi connectivity index (χ4v) is 3.89. The van der Waals surface area contributed by atoms with Gasteiger partial charge < -0.3 is 14.4 Å². The lowest BCUT2D eigenvalue weighted by molar-refractivity contribution is 0.0700. The molecule has 0 radical (unpaired) electrons. The largest absolute Gasteiger partial charge is 0.486 e. The van der Waals surface area contributed by atoms with Gasteiger partial charge in [0.25, 0.3) is 0 Å². The van der Waals surface area contributed by atoms with Gasteiger partial charge in [-0.25, -0.2) is 0 Å². The third kappa shape index (κ3) is 4.35. The van der Waals surface area contributed by atoms with Crippen LogP contribution >= 0.6 is 0 Å². The van der Waals surface area contributed by atoms with Gasteiger partial charge in [0.1, 0.15) is 12.7 Å². The Labute approximate surface area is 150 Å². The number of hydrogen-bond donors (Lipinski definition) is 0. The van der Waals surface area contributed by atoms with E-state index in [0.29, 0.717) is 6.61 Å². The molecule has 0 aromatic heterocycles. The van der Waals surface area contributed by atoms with Gasteiger partial charge in [-0.15, -0.1) is 0 Å². The van der Waals surface area contributed by atoms with Crippen molar-refractivity contribution >= 4 is 0 Å². The third-order valence-electron chi connectivity index (χ3n) is 5.41. The summed E-state index contributed by atoms with van der Waals surface area (Å²) in [5.74, 6) is 2.60. The molecule has 3 heteroatoms. The molecule has 0 N–H and O–H groups in total. The standard InChI is InChI=1S/C22H27NO2/c1-2-6-18(7-3-1)16-19-10-13-23(14-11-19)15-12-20-17-24-21-8-4-5-9-22(21)25-20/h1-9,19-20H,10-17H2. The van der Waals surface area contributed by atoms with Crippen LogP contribution in [0.2, 0.25) is 0 Å². The van der Waals surface area contributed by atoms with Crippen LogP contribution in [0.4, 0.5) is 0 Å². The zero-order chi connectivity index (χ0) is 16.9. The molecule has 1 unspecified atom stereocenters. The van der Waals surface area contributed by atoms with E-state index in [0.717, 1.165) is 30.4 Å². The summed E-state index contributed by atoms with van der Waals surface area (Å²) in [5, 5.41) is 0. The van der Waals surface area contributed by atoms with Crippen molar-refractivity contribution in [1.82, 2.24) is 4.90 Å². The molecule has 2 heterocycles. The molecule has 0 aliphatic carbocycles. The highest BCUT2D eigenvalue weighted by Crippen LogP contribution is 2.31. The van der Waals surface area contributed by atoms with Crippen LogP contribution in [0.1, 0.15) is 24.8 Å². The number of benzene rings is 2. The summed E-state index contributed by atoms with van der Waals surface area (Å²) in [4.78, 5) is 2.59. The van der Waals surface area contributed by atoms with Gasteiger partial charge in [0.05, 0.1) is 0 Å². The zero-order valence-electron chi connectivity index (χ0n) is 14.8. The second-order valence-corrected chi connectivity index (χ2v) is 7.26. The lowest BCUT2D eigenvalue weighted by Gasteiger charge is -2.33. The smallest absolute Gasteiger partial charge is 0.161 e. The molecule has 2 aromatic rings. The van der Waals surface area contributed by atoms with Gasteiger partial charge in [0.2, 0.25) is 0 Å². The Hall–Kier alpha value is -2.00. The Morgan fingerprint density at radius 3 is 2.40 bits per heavy atom. The lowest BCUT2D eigenvalue weighted by atomic mass is 9.90. The monoisotopic (exact) mass is 337 g/mol. The quantitative estimate of drug-likeness (QED) is 0.817. The van der Waals surface area contributed by atoms with Gasteiger partial charge in [0, 0.05) is 13.0 Å². The maximum absolute atomic E-state index is 6.07. The van der Waals surface area contributed by atoms with Crippen LogP contribution in [0.3, 0.4) is 0 Å². The Morgan fingerprint density at radius 2 is 1.60 bits per heavy atom. The number of para-hydroxylation sites is 2. The topological polar surface area (TPSA) is 21.7 Å². The Kier molecular flexibility index (Phi) is 5.22. The van der Waals surface area contributed by atoms with Crippen LogP contribution in [-0.2, 0) is 6.42 Å². The van der Waals surface area contributed by atoms with Gasteiger partial charge in [-0.3, -0.25) is 0 Å². The maximum atomic E-state index is 6.07. The Morgan fingerprint density at radius 1 is 0.880 bits per heavy atom. The van der Waals surface area contributed by atoms with Gasteiger partial charge in [-0.1, -0.05) is 42.5 Å². The predicted octanol–water partition coefficient (Wildman–Crippen LogP) is 4.17. The van der Waals surface area contributed by atoms with Crippen LogP contribution in [0.5, 0.6) is 11.5 Å². The molecule has 0 spiro atoms. The molecule has 25 heavy (non-hydrogen) atoms. The number of ether oxygens (including phenoxy) is 2. The summed E-state index contributed by atoms with van der Waals surface area (Å²) in [6.07, 6.45) is 5.05. The van der Waals surface area contributed by atoms with Crippen molar-refractivity contribution < 1.29 is 9.47 Å². The van der Waals surface area contributed by atoms with Crippen molar-refractivity contribution in [3.05, 3.63) is 60.2 Å². The fraction of sp³-hybridized carbons (Fsp3) is 0.455. The van der Waals surface area contributed by atoms with Crippen LogP contribution in [0.25, 0.3) is 0 Å². The van der Waals surface area contributed by atoms with Crippen LogP contribution in [-0.4, -0.2) is 37.2 Å². The van der Waals surface area contributed by atoms with Crippen molar-refractivity contribution in [3.8, 4) is 11.5 Å². The molecule has 1 atom stereocenters. The van der Waals surface area contributed by atoms with Crippen molar-refractivity contribution in [2.45, 2.75) is 31.8 Å². The number of likely N-dealkylation sites (tertiary alicyclic amines) is 1. The SMILES string of the molecule is c1ccc(CC2CCN(CCC3COc4ccccc4O3)CC2)cc1. The van der Waals surface area contributed by atoms with Crippen LogP contribution < -0.4 is 9.47 Å². The Bertz CT molecular complexity index is 665. The van der Waals surface area contributed by atoms with Crippen LogP contribution in [0.15, 0.2) is 54.6 Å². The third-order valence-corrected chi connectivity index (χ3v) is 5.41. The van der Waals surface area contributed by atoms with E-state index in [9.17, 15) is 0 Å². The second-order valence-electron chi connectivity index (χ2n) is 7.26. The highest BCUT2D eigenvalue weighted by Gasteiger charge is 2.23. The van der Waals surface area contributed by atoms with Crippen LogP contribution in [0, 0.1) is 5.92 Å². The first-order valence-corrected chi connectivity index (χ1v) is 9.51. The van der Waals surface area contributed by atoms with E-state index in [2.05, 4.69) is 35.2 Å². The Balaban J connectivity index is 1.19. The predicted molar refractivity (Wildman–Crippen MR) is 100 cm³/mol. The summed E-state index contributed by atoms with van der Waals surface area (Å²) in [6.45, 7) is 4.19. The van der Waals surface area contributed by atoms with E-state index in [1.54, 1.807) is 0 Å². The molecule has 4 rings (SSSR count). The van der Waals surface area contributed by atoms with Crippen molar-refractivity contribution in [3.63, 3.8) is 0 Å². The molecule has 0 bridgehead atoms. The van der Waals surface area contributed by atoms with Gasteiger partial charge >= 0.3 is 0 Å². The highest BCUT2D eigenvalue weighted by atomic mass is 16.6. The molecule has 132 valence electrons. The minimum atomic E-state index is 0.178. The fourth-order valence-electron chi connectivity index (χ4n) is 3.89. The molecule has 2 aromatic carbocycles. The molecule has 1 saturated heterocycles. The number of hydrogen-bond acceptors (Lipinski definition) is 3. The summed E-state index contributed by atoms with van der Waals surface area (Å²) < 4.78 is 11.9. The number of piperidine rings is 1. The van der Waals surface area contributed by atoms with Gasteiger partial charge in [0.15, 0.2) is 11.5 Å². The minimum Gasteiger partial charge on any atom is -0.486 e. The van der Waals surface area contributed by atoms with E-state index >= 15 is 0 Å². The van der Waals surface area contributed by atoms with Crippen molar-refractivity contribution in [2.24, 2.45) is 5.92 Å². The highest BCUT2D eigenvalue weighted by molar-refractivity contribution is 5.40. The van der Waals surface area contributed by atoms with Gasteiger partial charge in [-0.2, -0.15) is 0 Å². The lowest BCUT2D eigenvalue weighted by Crippen LogP contribution is -2.38. The summed E-state index contributed by atoms with van der Waals surface area (Å²) in [7, 11) is 0. The maximum Gasteiger partial charge on any atom is 0.161 e. The van der Waals surface area contributed by atoms with E-state index in [1.807, 2.05) is 24.3 Å². The summed E-state index contributed by atoms with van der Waals surface area (Å²) in [5.41, 5.74) is 1.48. The van der Waals surface area contributed by atoms with Crippen molar-refractivity contribution in [1.29, 1.82) is 0 Å². The van der Waals surface area contributed by atoms with E-state index < -0.39 is 0 Å². The molecule has 0 amide bonds. The molecular weight excluding hydrogens is 310 g/mol. The number of fused-ring (bicyclic) bond motifs is 1. The normalized spacial score (nSPS) is 21.2. The van der Waals surface area contributed by atoms with E-state index in [-0.39, 0.29) is 6.10 Å². The van der Waals surface area contributed by atoms with Gasteiger partial charge in [-0.05, 0) is 56.0 Å². The van der Waals surface area contributed by atoms with Crippen molar-refractivity contribution in [2.75, 3.05) is 26.2 Å². The first-order valence-electron chi connectivity index (χ1n) is 9.51. The first-order chi connectivity index (χ1) is 12.4. The zero-order valence-corrected chi connectivity index (χ0v) is 14.8. The number of nitrogens with zero attached hydrogens (tertiary/aromatic N) is 1. The molecule has 3 nitrogen and oxygen atoms in total. The molecule has 1 fully saturated rings. The minimum absolute atomic E-state index is 0.178. The summed E-state index contributed by atoms with van der Waals surface area (Å²) in [6, 6.07) is 18.9. The van der Waals surface area contributed by atoms with E-state index in [4.69, 9.17) is 9.47 Å². The average Bonchev–Trinajstić information content (AvgIpc) is 2.68. The molecule has 2 aliphatic rings. The van der Waals surface area contributed by atoms with E-state index in [1.165, 1.54) is 37.9 Å². The summed E-state index contributed by atoms with van der Waals surface area (Å²) >= 11 is 0.